The average molecular weight is 229 g/mol. The predicted octanol–water partition coefficient (Wildman–Crippen LogP) is 1.01. The molecule has 1 aliphatic rings. The summed E-state index contributed by atoms with van der Waals surface area (Å²) in [5.74, 6) is 0. The van der Waals surface area contributed by atoms with E-state index in [0.717, 1.165) is 0 Å². The Balaban J connectivity index is 0.000000213. The van der Waals surface area contributed by atoms with Gasteiger partial charge in [-0.2, -0.15) is 0 Å². The first kappa shape index (κ1) is 11.3. The summed E-state index contributed by atoms with van der Waals surface area (Å²) < 4.78 is 20.6. The number of hydrogen-bond donors (Lipinski definition) is 2. The third-order valence-corrected chi connectivity index (χ3v) is 2.26. The smallest absolute Gasteiger partial charge is 0.0357 e. The van der Waals surface area contributed by atoms with Crippen LogP contribution in [0.25, 0.3) is 6.08 Å². The zero-order chi connectivity index (χ0) is 10.4. The molecule has 1 heterocycles. The molecule has 14 heavy (non-hydrogen) atoms. The van der Waals surface area contributed by atoms with Crippen LogP contribution >= 0.6 is 11.9 Å². The second-order valence-electron chi connectivity index (χ2n) is 2.35. The Morgan fingerprint density at radius 2 is 2.07 bits per heavy atom. The fourth-order valence-corrected chi connectivity index (χ4v) is 1.60. The highest BCUT2D eigenvalue weighted by Gasteiger charge is 2.00. The molecule has 4 nitrogen and oxygen atoms in total. The van der Waals surface area contributed by atoms with Gasteiger partial charge in [0.2, 0.25) is 0 Å². The van der Waals surface area contributed by atoms with Crippen molar-refractivity contribution >= 4 is 29.3 Å². The maximum atomic E-state index is 8.78. The van der Waals surface area contributed by atoms with Gasteiger partial charge in [0.1, 0.15) is 0 Å². The van der Waals surface area contributed by atoms with E-state index in [1.807, 2.05) is 12.3 Å². The quantitative estimate of drug-likeness (QED) is 0.514. The van der Waals surface area contributed by atoms with Crippen LogP contribution in [0.1, 0.15) is 5.56 Å². The molecule has 2 rings (SSSR count). The Morgan fingerprint density at radius 3 is 2.71 bits per heavy atom. The molecule has 76 valence electrons. The summed E-state index contributed by atoms with van der Waals surface area (Å²) in [5.41, 5.74) is 1.30. The summed E-state index contributed by atoms with van der Waals surface area (Å²) in [5, 5.41) is 4.03. The molecule has 0 bridgehead atoms. The van der Waals surface area contributed by atoms with Crippen LogP contribution in [-0.4, -0.2) is 8.76 Å². The van der Waals surface area contributed by atoms with Crippen LogP contribution in [0.3, 0.4) is 0 Å². The van der Waals surface area contributed by atoms with Crippen molar-refractivity contribution in [2.45, 2.75) is 4.90 Å². The van der Waals surface area contributed by atoms with Crippen molar-refractivity contribution in [2.75, 3.05) is 0 Å². The molecule has 0 spiro atoms. The number of benzene rings is 1. The highest BCUT2D eigenvalue weighted by Crippen LogP contribution is 2.23. The second-order valence-corrected chi connectivity index (χ2v) is 3.75. The average Bonchev–Trinajstić information content (AvgIpc) is 2.17. The van der Waals surface area contributed by atoms with Gasteiger partial charge in [0.15, 0.2) is 0 Å². The molecule has 0 saturated carbocycles. The summed E-state index contributed by atoms with van der Waals surface area (Å²) >= 11 is -0.709. The van der Waals surface area contributed by atoms with Crippen molar-refractivity contribution in [3.05, 3.63) is 36.0 Å². The van der Waals surface area contributed by atoms with Crippen LogP contribution in [0.4, 0.5) is 0 Å². The fourth-order valence-electron chi connectivity index (χ4n) is 0.932. The van der Waals surface area contributed by atoms with Gasteiger partial charge < -0.3 is 9.27 Å². The minimum absolute atomic E-state index is 1.30. The molecular weight excluding hydrogens is 220 g/mol. The lowest BCUT2D eigenvalue weighted by Crippen LogP contribution is -1.97. The number of rotatable bonds is 0. The molecule has 1 aliphatic heterocycles. The number of hydrogen-bond acceptors (Lipinski definition) is 4. The van der Waals surface area contributed by atoms with Gasteiger partial charge >= 0.3 is 0 Å². The Kier molecular flexibility index (Phi) is 4.68. The molecule has 0 aliphatic carbocycles. The largest absolute Gasteiger partial charge is 0.760 e. The van der Waals surface area contributed by atoms with Gasteiger partial charge in [-0.05, 0) is 29.7 Å². The lowest BCUT2D eigenvalue weighted by Gasteiger charge is -2.08. The van der Waals surface area contributed by atoms with Crippen molar-refractivity contribution < 1.29 is 8.76 Å². The van der Waals surface area contributed by atoms with Crippen LogP contribution in [0.2, 0.25) is 0 Å². The first-order valence-corrected chi connectivity index (χ1v) is 5.67. The zero-order valence-corrected chi connectivity index (χ0v) is 8.81. The molecule has 0 amide bonds. The third kappa shape index (κ3) is 3.93. The van der Waals surface area contributed by atoms with E-state index in [0.29, 0.717) is 0 Å². The van der Waals surface area contributed by atoms with Gasteiger partial charge in [-0.3, -0.25) is 9.35 Å². The summed E-state index contributed by atoms with van der Waals surface area (Å²) in [6, 6.07) is 8.32. The summed E-state index contributed by atoms with van der Waals surface area (Å²) in [7, 11) is 0. The Labute approximate surface area is 89.1 Å². The van der Waals surface area contributed by atoms with Gasteiger partial charge in [-0.1, -0.05) is 18.2 Å². The topological polar surface area (TPSA) is 78.2 Å². The van der Waals surface area contributed by atoms with E-state index < -0.39 is 11.3 Å². The van der Waals surface area contributed by atoms with Crippen LogP contribution in [0.15, 0.2) is 35.4 Å². The van der Waals surface area contributed by atoms with E-state index in [1.165, 1.54) is 10.5 Å². The molecule has 1 unspecified atom stereocenters. The number of fused-ring (bicyclic) bond motifs is 1. The van der Waals surface area contributed by atoms with Crippen LogP contribution in [-0.2, 0) is 11.3 Å². The molecule has 0 radical (unpaired) electrons. The highest BCUT2D eigenvalue weighted by atomic mass is 32.2. The van der Waals surface area contributed by atoms with E-state index >= 15 is 0 Å². The molecule has 0 fully saturated rings. The molecule has 0 saturated heterocycles. The van der Waals surface area contributed by atoms with Crippen LogP contribution in [0.5, 0.6) is 0 Å². The third-order valence-electron chi connectivity index (χ3n) is 1.42. The van der Waals surface area contributed by atoms with Gasteiger partial charge in [0, 0.05) is 22.4 Å². The Bertz CT molecular complexity index is 351. The molecule has 1 aromatic carbocycles. The molecule has 1 aromatic rings. The summed E-state index contributed by atoms with van der Waals surface area (Å²) in [4.78, 5) is 1.30. The monoisotopic (exact) mass is 229 g/mol. The van der Waals surface area contributed by atoms with E-state index in [4.69, 9.17) is 8.76 Å². The van der Waals surface area contributed by atoms with Crippen LogP contribution in [0, 0.1) is 0 Å². The molecule has 0 aromatic heterocycles. The van der Waals surface area contributed by atoms with E-state index in [2.05, 4.69) is 34.1 Å². The number of nitrogens with two attached hydrogens (primary N) is 1. The lowest BCUT2D eigenvalue weighted by molar-refractivity contribution is 0.539. The van der Waals surface area contributed by atoms with Crippen molar-refractivity contribution in [1.82, 2.24) is 4.72 Å². The first-order chi connectivity index (χ1) is 6.70. The SMILES string of the molecule is C1=Cc2ccccc2SN1.NS(=O)[O-]. The zero-order valence-electron chi connectivity index (χ0n) is 7.17. The fraction of sp³-hybridized carbons (Fsp3) is 0. The summed E-state index contributed by atoms with van der Waals surface area (Å²) in [6.07, 6.45) is 4.03. The van der Waals surface area contributed by atoms with Gasteiger partial charge in [-0.25, -0.2) is 0 Å². The van der Waals surface area contributed by atoms with Gasteiger partial charge in [0.05, 0.1) is 0 Å². The second kappa shape index (κ2) is 5.82. The maximum Gasteiger partial charge on any atom is 0.0357 e. The van der Waals surface area contributed by atoms with Gasteiger partial charge in [-0.15, -0.1) is 0 Å². The predicted molar refractivity (Wildman–Crippen MR) is 57.6 cm³/mol. The number of nitrogens with one attached hydrogen (secondary N) is 1. The highest BCUT2D eigenvalue weighted by molar-refractivity contribution is 7.97. The Hall–Kier alpha value is -0.820. The first-order valence-electron chi connectivity index (χ1n) is 3.72. The molecule has 1 atom stereocenters. The maximum absolute atomic E-state index is 8.78. The normalized spacial score (nSPS) is 14.4. The molecule has 3 N–H and O–H groups in total. The van der Waals surface area contributed by atoms with Crippen molar-refractivity contribution in [3.8, 4) is 0 Å². The summed E-state index contributed by atoms with van der Waals surface area (Å²) in [6.45, 7) is 0. The van der Waals surface area contributed by atoms with Gasteiger partial charge in [0.25, 0.3) is 0 Å². The Morgan fingerprint density at radius 1 is 1.43 bits per heavy atom. The molecular formula is C8H9N2O2S2-. The van der Waals surface area contributed by atoms with Crippen molar-refractivity contribution in [3.63, 3.8) is 0 Å². The lowest BCUT2D eigenvalue weighted by atomic mass is 10.2. The van der Waals surface area contributed by atoms with Crippen LogP contribution < -0.4 is 9.86 Å². The van der Waals surface area contributed by atoms with E-state index in [1.54, 1.807) is 11.9 Å². The van der Waals surface area contributed by atoms with E-state index in [9.17, 15) is 0 Å². The minimum Gasteiger partial charge on any atom is -0.760 e. The van der Waals surface area contributed by atoms with E-state index in [-0.39, 0.29) is 0 Å². The standard InChI is InChI=1S/C8H7NS.H3NO2S/c1-2-4-8-7(3-1)5-6-9-10-8;1-4(2)3/h1-6,9H;1H2,(H,2,3)/p-1. The van der Waals surface area contributed by atoms with Crippen molar-refractivity contribution in [1.29, 1.82) is 0 Å². The van der Waals surface area contributed by atoms with Crippen molar-refractivity contribution in [2.24, 2.45) is 5.14 Å². The minimum atomic E-state index is -2.36. The molecule has 6 heteroatoms.